The molecule has 0 amide bonds. The third-order valence-corrected chi connectivity index (χ3v) is 4.23. The third-order valence-electron chi connectivity index (χ3n) is 3.07. The zero-order chi connectivity index (χ0) is 15.0. The Hall–Kier alpha value is -2.47. The average molecular weight is 298 g/mol. The summed E-state index contributed by atoms with van der Waals surface area (Å²) in [6.45, 7) is 3.95. The lowest BCUT2D eigenvalue weighted by atomic mass is 10.2. The van der Waals surface area contributed by atoms with Crippen molar-refractivity contribution in [2.45, 2.75) is 13.8 Å². The number of H-pyrrole nitrogens is 1. The van der Waals surface area contributed by atoms with Crippen molar-refractivity contribution in [1.29, 1.82) is 5.41 Å². The first-order valence-electron chi connectivity index (χ1n) is 6.47. The Labute approximate surface area is 124 Å². The second kappa shape index (κ2) is 5.14. The van der Waals surface area contributed by atoms with Crippen LogP contribution in [-0.4, -0.2) is 14.8 Å². The number of aromatic nitrogens is 3. The molecule has 3 rings (SSSR count). The SMILES string of the molecule is CC(C)=c1[nH]n2c(=N)c(=Cc3ccccc3)c(=O)nc-2s1. The van der Waals surface area contributed by atoms with E-state index in [1.165, 1.54) is 11.3 Å². The minimum Gasteiger partial charge on any atom is -0.282 e. The van der Waals surface area contributed by atoms with Gasteiger partial charge in [0.05, 0.1) is 5.22 Å². The molecular weight excluding hydrogens is 284 g/mol. The summed E-state index contributed by atoms with van der Waals surface area (Å²) in [7, 11) is 0. The lowest BCUT2D eigenvalue weighted by Crippen LogP contribution is -2.47. The summed E-state index contributed by atoms with van der Waals surface area (Å²) in [5.74, 6) is 0. The number of fused-ring (bicyclic) bond motifs is 1. The van der Waals surface area contributed by atoms with Gasteiger partial charge < -0.3 is 0 Å². The van der Waals surface area contributed by atoms with Gasteiger partial charge in [0, 0.05) is 0 Å². The first-order chi connectivity index (χ1) is 10.1. The van der Waals surface area contributed by atoms with Crippen LogP contribution in [0.15, 0.2) is 35.1 Å². The smallest absolute Gasteiger partial charge is 0.282 e. The van der Waals surface area contributed by atoms with Crippen LogP contribution in [0.3, 0.4) is 0 Å². The normalized spacial score (nSPS) is 12.0. The van der Waals surface area contributed by atoms with Crippen LogP contribution < -0.4 is 20.9 Å². The quantitative estimate of drug-likeness (QED) is 0.689. The highest BCUT2D eigenvalue weighted by molar-refractivity contribution is 7.11. The standard InChI is InChI=1S/C15H14N4OS/c1-9(2)14-18-19-12(16)11(13(20)17-15(19)21-14)8-10-6-4-3-5-7-10/h3-8,16,18H,1-2H3. The minimum atomic E-state index is -0.376. The first-order valence-corrected chi connectivity index (χ1v) is 7.28. The van der Waals surface area contributed by atoms with Crippen molar-refractivity contribution in [3.63, 3.8) is 0 Å². The monoisotopic (exact) mass is 298 g/mol. The van der Waals surface area contributed by atoms with E-state index in [0.717, 1.165) is 15.8 Å². The van der Waals surface area contributed by atoms with E-state index >= 15 is 0 Å². The van der Waals surface area contributed by atoms with Gasteiger partial charge in [0.25, 0.3) is 5.56 Å². The highest BCUT2D eigenvalue weighted by Gasteiger charge is 2.10. The van der Waals surface area contributed by atoms with Crippen molar-refractivity contribution in [1.82, 2.24) is 14.8 Å². The fraction of sp³-hybridized carbons (Fsp3) is 0.133. The molecule has 2 N–H and O–H groups in total. The Morgan fingerprint density at radius 3 is 2.71 bits per heavy atom. The molecule has 0 saturated carbocycles. The van der Waals surface area contributed by atoms with E-state index in [-0.39, 0.29) is 16.3 Å². The zero-order valence-electron chi connectivity index (χ0n) is 11.7. The van der Waals surface area contributed by atoms with Crippen molar-refractivity contribution in [2.75, 3.05) is 0 Å². The minimum absolute atomic E-state index is 0.123. The van der Waals surface area contributed by atoms with Gasteiger partial charge in [-0.2, -0.15) is 4.98 Å². The average Bonchev–Trinajstić information content (AvgIpc) is 2.89. The van der Waals surface area contributed by atoms with Crippen LogP contribution in [0.2, 0.25) is 0 Å². The predicted molar refractivity (Wildman–Crippen MR) is 83.1 cm³/mol. The number of nitrogens with zero attached hydrogens (tertiary/aromatic N) is 2. The molecule has 2 aliphatic rings. The molecule has 0 spiro atoms. The van der Waals surface area contributed by atoms with E-state index in [2.05, 4.69) is 10.1 Å². The Morgan fingerprint density at radius 2 is 2.05 bits per heavy atom. The highest BCUT2D eigenvalue weighted by Crippen LogP contribution is 2.02. The summed E-state index contributed by atoms with van der Waals surface area (Å²) in [5, 5.41) is 12.1. The number of benzene rings is 1. The van der Waals surface area contributed by atoms with E-state index in [1.54, 1.807) is 10.8 Å². The molecular formula is C15H14N4OS. The van der Waals surface area contributed by atoms with E-state index in [9.17, 15) is 4.79 Å². The van der Waals surface area contributed by atoms with Gasteiger partial charge in [0.1, 0.15) is 4.66 Å². The van der Waals surface area contributed by atoms with Crippen LogP contribution in [0.5, 0.6) is 0 Å². The second-order valence-corrected chi connectivity index (χ2v) is 5.87. The Kier molecular flexibility index (Phi) is 3.31. The number of hydrogen-bond acceptors (Lipinski definition) is 4. The molecule has 0 atom stereocenters. The topological polar surface area (TPSA) is 74.5 Å². The maximum atomic E-state index is 12.1. The second-order valence-electron chi connectivity index (χ2n) is 4.90. The summed E-state index contributed by atoms with van der Waals surface area (Å²) in [4.78, 5) is 16.2. The summed E-state index contributed by atoms with van der Waals surface area (Å²) in [6.07, 6.45) is 1.69. The molecule has 1 aromatic rings. The van der Waals surface area contributed by atoms with Crippen molar-refractivity contribution in [2.24, 2.45) is 0 Å². The molecule has 0 aliphatic carbocycles. The van der Waals surface area contributed by atoms with Gasteiger partial charge in [-0.25, -0.2) is 4.68 Å². The van der Waals surface area contributed by atoms with Gasteiger partial charge in [0.15, 0.2) is 5.49 Å². The van der Waals surface area contributed by atoms with Crippen LogP contribution in [-0.2, 0) is 0 Å². The molecule has 0 unspecified atom stereocenters. The van der Waals surface area contributed by atoms with Crippen LogP contribution in [0.4, 0.5) is 0 Å². The number of hydrogen-bond donors (Lipinski definition) is 2. The van der Waals surface area contributed by atoms with Gasteiger partial charge in [-0.05, 0) is 31.1 Å². The molecule has 21 heavy (non-hydrogen) atoms. The molecule has 0 fully saturated rings. The molecule has 5 nitrogen and oxygen atoms in total. The molecule has 2 heterocycles. The van der Waals surface area contributed by atoms with Crippen molar-refractivity contribution >= 4 is 23.0 Å². The molecule has 0 radical (unpaired) electrons. The summed E-state index contributed by atoms with van der Waals surface area (Å²) >= 11 is 1.37. The maximum absolute atomic E-state index is 12.1. The summed E-state index contributed by atoms with van der Waals surface area (Å²) in [5.41, 5.74) is 1.71. The molecule has 2 aliphatic heterocycles. The van der Waals surface area contributed by atoms with E-state index < -0.39 is 0 Å². The molecule has 6 heteroatoms. The molecule has 0 saturated heterocycles. The van der Waals surface area contributed by atoms with Crippen LogP contribution >= 0.6 is 11.3 Å². The van der Waals surface area contributed by atoms with Crippen molar-refractivity contribution in [3.8, 4) is 5.13 Å². The number of rotatable bonds is 1. The summed E-state index contributed by atoms with van der Waals surface area (Å²) < 4.78 is 2.45. The molecule has 1 aromatic carbocycles. The predicted octanol–water partition coefficient (Wildman–Crippen LogP) is 0.559. The van der Waals surface area contributed by atoms with E-state index in [4.69, 9.17) is 5.41 Å². The van der Waals surface area contributed by atoms with Crippen LogP contribution in [0.1, 0.15) is 19.4 Å². The first kappa shape index (κ1) is 13.5. The van der Waals surface area contributed by atoms with Gasteiger partial charge in [-0.15, -0.1) is 0 Å². The lowest BCUT2D eigenvalue weighted by Gasteiger charge is -1.99. The van der Waals surface area contributed by atoms with Crippen molar-refractivity contribution < 1.29 is 0 Å². The van der Waals surface area contributed by atoms with Crippen LogP contribution in [0.25, 0.3) is 16.8 Å². The van der Waals surface area contributed by atoms with E-state index in [0.29, 0.717) is 5.13 Å². The van der Waals surface area contributed by atoms with E-state index in [1.807, 2.05) is 44.2 Å². The molecule has 106 valence electrons. The fourth-order valence-corrected chi connectivity index (χ4v) is 2.84. The Morgan fingerprint density at radius 1 is 1.33 bits per heavy atom. The third kappa shape index (κ3) is 2.45. The van der Waals surface area contributed by atoms with Gasteiger partial charge in [0.2, 0.25) is 5.13 Å². The van der Waals surface area contributed by atoms with Gasteiger partial charge in [-0.3, -0.25) is 15.3 Å². The molecule has 0 aromatic heterocycles. The molecule has 0 bridgehead atoms. The largest absolute Gasteiger partial charge is 0.283 e. The Balaban J connectivity index is 2.39. The van der Waals surface area contributed by atoms with Gasteiger partial charge in [-0.1, -0.05) is 41.7 Å². The number of nitrogens with one attached hydrogen (secondary N) is 2. The Bertz CT molecular complexity index is 991. The van der Waals surface area contributed by atoms with Crippen molar-refractivity contribution in [3.05, 3.63) is 61.6 Å². The van der Waals surface area contributed by atoms with Gasteiger partial charge >= 0.3 is 0 Å². The zero-order valence-corrected chi connectivity index (χ0v) is 12.5. The fourth-order valence-electron chi connectivity index (χ4n) is 1.96. The lowest BCUT2D eigenvalue weighted by molar-refractivity contribution is 0.749. The number of aromatic amines is 1. The highest BCUT2D eigenvalue weighted by atomic mass is 32.1. The van der Waals surface area contributed by atoms with Crippen LogP contribution in [0, 0.1) is 5.41 Å². The maximum Gasteiger partial charge on any atom is 0.283 e. The summed E-state index contributed by atoms with van der Waals surface area (Å²) in [6, 6.07) is 9.47.